The number of benzene rings is 1. The van der Waals surface area contributed by atoms with Gasteiger partial charge in [0.2, 0.25) is 0 Å². The highest BCUT2D eigenvalue weighted by Crippen LogP contribution is 2.33. The molecule has 0 saturated carbocycles. The van der Waals surface area contributed by atoms with E-state index in [-0.39, 0.29) is 11.3 Å². The summed E-state index contributed by atoms with van der Waals surface area (Å²) < 4.78 is 53.8. The van der Waals surface area contributed by atoms with Gasteiger partial charge >= 0.3 is 6.36 Å². The number of hydrazine groups is 2. The minimum atomic E-state index is -4.91. The monoisotopic (exact) mass is 527 g/mol. The molecule has 15 heteroatoms. The van der Waals surface area contributed by atoms with Crippen molar-refractivity contribution in [3.8, 4) is 11.5 Å². The number of carbonyl (C=O) groups is 1. The largest absolute Gasteiger partial charge is 0.573 e. The van der Waals surface area contributed by atoms with Crippen molar-refractivity contribution in [1.82, 2.24) is 36.2 Å². The number of ether oxygens (including phenoxy) is 3. The Bertz CT molecular complexity index is 1100. The van der Waals surface area contributed by atoms with Crippen molar-refractivity contribution in [2.45, 2.75) is 24.4 Å². The van der Waals surface area contributed by atoms with Crippen LogP contribution >= 0.6 is 11.9 Å². The molecule has 4 rings (SSSR count). The van der Waals surface area contributed by atoms with Crippen LogP contribution in [-0.2, 0) is 15.1 Å². The molecule has 1 saturated heterocycles. The Morgan fingerprint density at radius 1 is 1.28 bits per heavy atom. The van der Waals surface area contributed by atoms with Crippen LogP contribution in [-0.4, -0.2) is 54.3 Å². The maximum absolute atomic E-state index is 13.0. The first-order valence-corrected chi connectivity index (χ1v) is 11.5. The Morgan fingerprint density at radius 3 is 2.72 bits per heavy atom. The third-order valence-electron chi connectivity index (χ3n) is 5.44. The van der Waals surface area contributed by atoms with Crippen molar-refractivity contribution < 1.29 is 32.2 Å². The van der Waals surface area contributed by atoms with E-state index in [1.54, 1.807) is 12.4 Å². The molecule has 194 valence electrons. The summed E-state index contributed by atoms with van der Waals surface area (Å²) in [6, 6.07) is 7.24. The normalized spacial score (nSPS) is 20.9. The predicted octanol–water partition coefficient (Wildman–Crippen LogP) is 1.85. The summed E-state index contributed by atoms with van der Waals surface area (Å²) in [6.45, 7) is 1.44. The number of hydrogen-bond donors (Lipinski definition) is 4. The first kappa shape index (κ1) is 25.8. The van der Waals surface area contributed by atoms with Crippen molar-refractivity contribution >= 4 is 17.9 Å². The van der Waals surface area contributed by atoms with Crippen molar-refractivity contribution in [3.63, 3.8) is 0 Å². The standard InChI is InChI=1S/C21H24F3N7O4S/c1-33-14-8-13(9-15(10-14)35-21(22,23)24)18(34-2)19(32)30-31-27-11-17(36-31)28-20(5-7-25-12-20)16-4-3-6-26-29-16/h3-4,6,8-11,18,25,27-28H,5,7,12H2,1-2H3,(H,30,32)/t18-,20-/m1/s1. The van der Waals surface area contributed by atoms with Crippen LogP contribution in [0.4, 0.5) is 13.2 Å². The Morgan fingerprint density at radius 2 is 2.08 bits per heavy atom. The quantitative estimate of drug-likeness (QED) is 0.358. The summed E-state index contributed by atoms with van der Waals surface area (Å²) in [7, 11) is 2.55. The van der Waals surface area contributed by atoms with Crippen molar-refractivity contribution in [2.75, 3.05) is 27.3 Å². The van der Waals surface area contributed by atoms with Gasteiger partial charge in [0.05, 0.1) is 18.3 Å². The summed E-state index contributed by atoms with van der Waals surface area (Å²) in [5.74, 6) is -1.10. The van der Waals surface area contributed by atoms with Gasteiger partial charge in [-0.2, -0.15) is 10.2 Å². The third kappa shape index (κ3) is 6.10. The molecule has 2 aliphatic rings. The molecule has 36 heavy (non-hydrogen) atoms. The van der Waals surface area contributed by atoms with Gasteiger partial charge in [-0.25, -0.2) is 0 Å². The second kappa shape index (κ2) is 10.8. The van der Waals surface area contributed by atoms with Crippen molar-refractivity contribution in [3.05, 3.63) is 59.0 Å². The summed E-state index contributed by atoms with van der Waals surface area (Å²) >= 11 is 1.17. The van der Waals surface area contributed by atoms with Gasteiger partial charge in [0.15, 0.2) is 6.10 Å². The van der Waals surface area contributed by atoms with Crippen LogP contribution in [0.3, 0.4) is 0 Å². The molecular formula is C21H24F3N7O4S. The lowest BCUT2D eigenvalue weighted by atomic mass is 9.94. The molecule has 0 spiro atoms. The van der Waals surface area contributed by atoms with Gasteiger partial charge in [0, 0.05) is 44.1 Å². The Labute approximate surface area is 208 Å². The zero-order chi connectivity index (χ0) is 25.8. The highest BCUT2D eigenvalue weighted by molar-refractivity contribution is 8.00. The van der Waals surface area contributed by atoms with Crippen molar-refractivity contribution in [2.24, 2.45) is 0 Å². The van der Waals surface area contributed by atoms with Crippen LogP contribution in [0.25, 0.3) is 0 Å². The topological polar surface area (TPSA) is 122 Å². The first-order chi connectivity index (χ1) is 17.2. The fourth-order valence-corrected chi connectivity index (χ4v) is 4.65. The summed E-state index contributed by atoms with van der Waals surface area (Å²) in [5, 5.41) is 15.7. The van der Waals surface area contributed by atoms with Crippen LogP contribution in [0.5, 0.6) is 11.5 Å². The van der Waals surface area contributed by atoms with E-state index < -0.39 is 29.7 Å². The highest BCUT2D eigenvalue weighted by Gasteiger charge is 2.39. The van der Waals surface area contributed by atoms with Crippen LogP contribution < -0.4 is 31.0 Å². The van der Waals surface area contributed by atoms with E-state index in [0.717, 1.165) is 30.8 Å². The molecule has 1 fully saturated rings. The number of aromatic nitrogens is 2. The second-order valence-electron chi connectivity index (χ2n) is 7.85. The minimum absolute atomic E-state index is 0.0721. The zero-order valence-electron chi connectivity index (χ0n) is 19.3. The minimum Gasteiger partial charge on any atom is -0.497 e. The number of amides is 1. The van der Waals surface area contributed by atoms with Crippen LogP contribution in [0, 0.1) is 0 Å². The van der Waals surface area contributed by atoms with E-state index >= 15 is 0 Å². The smallest absolute Gasteiger partial charge is 0.497 e. The molecule has 4 N–H and O–H groups in total. The molecule has 2 aliphatic heterocycles. The average Bonchev–Trinajstić information content (AvgIpc) is 3.49. The fourth-order valence-electron chi connectivity index (χ4n) is 3.86. The number of hydrogen-bond acceptors (Lipinski definition) is 11. The zero-order valence-corrected chi connectivity index (χ0v) is 20.1. The molecule has 3 heterocycles. The highest BCUT2D eigenvalue weighted by atomic mass is 32.2. The number of alkyl halides is 3. The number of nitrogens with zero attached hydrogens (tertiary/aromatic N) is 3. The Balaban J connectivity index is 1.42. The van der Waals surface area contributed by atoms with Crippen LogP contribution in [0.15, 0.2) is 47.8 Å². The Hall–Kier alpha value is -3.27. The van der Waals surface area contributed by atoms with E-state index in [9.17, 15) is 18.0 Å². The molecule has 2 atom stereocenters. The number of nitrogens with one attached hydrogen (secondary N) is 4. The molecule has 1 aromatic carbocycles. The molecule has 0 aliphatic carbocycles. The predicted molar refractivity (Wildman–Crippen MR) is 123 cm³/mol. The summed E-state index contributed by atoms with van der Waals surface area (Å²) in [4.78, 5) is 13.0. The molecular weight excluding hydrogens is 503 g/mol. The first-order valence-electron chi connectivity index (χ1n) is 10.7. The van der Waals surface area contributed by atoms with Gasteiger partial charge in [-0.05, 0) is 42.8 Å². The molecule has 0 radical (unpaired) electrons. The number of rotatable bonds is 9. The summed E-state index contributed by atoms with van der Waals surface area (Å²) in [5.41, 5.74) is 5.95. The SMILES string of the molecule is COc1cc(OC(F)(F)F)cc([C@@H](OC)C(=O)NN2NC=C(N[C@]3(c4cccnn4)CCNC3)S2)c1. The van der Waals surface area contributed by atoms with E-state index in [2.05, 4.69) is 36.4 Å². The lowest BCUT2D eigenvalue weighted by Crippen LogP contribution is -2.45. The molecule has 0 unspecified atom stereocenters. The maximum atomic E-state index is 13.0. The summed E-state index contributed by atoms with van der Waals surface area (Å²) in [6.07, 6.45) is -2.10. The van der Waals surface area contributed by atoms with E-state index in [4.69, 9.17) is 9.47 Å². The Kier molecular flexibility index (Phi) is 7.73. The number of halogens is 3. The fraction of sp³-hybridized carbons (Fsp3) is 0.381. The number of carbonyl (C=O) groups excluding carboxylic acids is 1. The second-order valence-corrected chi connectivity index (χ2v) is 8.84. The average molecular weight is 528 g/mol. The molecule has 11 nitrogen and oxygen atoms in total. The van der Waals surface area contributed by atoms with Crippen molar-refractivity contribution in [1.29, 1.82) is 0 Å². The van der Waals surface area contributed by atoms with Crippen LogP contribution in [0.1, 0.15) is 23.8 Å². The van der Waals surface area contributed by atoms with Gasteiger partial charge in [0.25, 0.3) is 5.91 Å². The van der Waals surface area contributed by atoms with Gasteiger partial charge in [0.1, 0.15) is 16.5 Å². The van der Waals surface area contributed by atoms with Gasteiger partial charge in [-0.3, -0.25) is 15.6 Å². The third-order valence-corrected chi connectivity index (χ3v) is 6.24. The maximum Gasteiger partial charge on any atom is 0.573 e. The lowest BCUT2D eigenvalue weighted by molar-refractivity contribution is -0.274. The molecule has 2 aromatic rings. The van der Waals surface area contributed by atoms with Gasteiger partial charge < -0.3 is 24.8 Å². The van der Waals surface area contributed by atoms with Gasteiger partial charge in [-0.1, -0.05) is 4.52 Å². The molecule has 1 aromatic heterocycles. The van der Waals surface area contributed by atoms with E-state index in [1.807, 2.05) is 12.1 Å². The van der Waals surface area contributed by atoms with Gasteiger partial charge in [-0.15, -0.1) is 13.2 Å². The number of methoxy groups -OCH3 is 2. The van der Waals surface area contributed by atoms with E-state index in [0.29, 0.717) is 11.6 Å². The molecule has 0 bridgehead atoms. The lowest BCUT2D eigenvalue weighted by Gasteiger charge is -2.30. The molecule has 1 amide bonds. The van der Waals surface area contributed by atoms with Crippen LogP contribution in [0.2, 0.25) is 0 Å². The van der Waals surface area contributed by atoms with E-state index in [1.165, 1.54) is 36.8 Å².